The fourth-order valence-corrected chi connectivity index (χ4v) is 0.719. The van der Waals surface area contributed by atoms with Gasteiger partial charge in [-0.3, -0.25) is 5.41 Å². The lowest BCUT2D eigenvalue weighted by Gasteiger charge is -2.27. The SMILES string of the molecule is CC(C)C(C)N(C)C(=N)N=N. The maximum atomic E-state index is 7.24. The third kappa shape index (κ3) is 2.65. The summed E-state index contributed by atoms with van der Waals surface area (Å²) in [6, 6.07) is 0.261. The standard InChI is InChI=1S/C7H16N4/c1-5(2)6(3)11(4)7(8)10-9/h5-6,8-9H,1-4H3. The van der Waals surface area contributed by atoms with Crippen molar-refractivity contribution in [1.29, 1.82) is 10.9 Å². The van der Waals surface area contributed by atoms with Crippen LogP contribution >= 0.6 is 0 Å². The smallest absolute Gasteiger partial charge is 0.237 e. The van der Waals surface area contributed by atoms with Crippen molar-refractivity contribution in [3.63, 3.8) is 0 Å². The van der Waals surface area contributed by atoms with Gasteiger partial charge in [0.05, 0.1) is 0 Å². The van der Waals surface area contributed by atoms with E-state index in [9.17, 15) is 0 Å². The molecule has 0 aliphatic carbocycles. The van der Waals surface area contributed by atoms with Crippen LogP contribution in [0.4, 0.5) is 0 Å². The molecule has 0 fully saturated rings. The molecule has 0 heterocycles. The first-order chi connectivity index (χ1) is 5.00. The van der Waals surface area contributed by atoms with Crippen LogP contribution in [0.2, 0.25) is 0 Å². The van der Waals surface area contributed by atoms with Crippen LogP contribution in [0.3, 0.4) is 0 Å². The van der Waals surface area contributed by atoms with Gasteiger partial charge in [-0.25, -0.2) is 5.53 Å². The van der Waals surface area contributed by atoms with Gasteiger partial charge in [-0.1, -0.05) is 13.8 Å². The first-order valence-corrected chi connectivity index (χ1v) is 3.69. The van der Waals surface area contributed by atoms with Crippen molar-refractivity contribution < 1.29 is 0 Å². The Balaban J connectivity index is 4.11. The summed E-state index contributed by atoms with van der Waals surface area (Å²) in [7, 11) is 1.78. The summed E-state index contributed by atoms with van der Waals surface area (Å²) in [5.41, 5.74) is 6.63. The molecule has 11 heavy (non-hydrogen) atoms. The number of hydrogen-bond acceptors (Lipinski definition) is 2. The van der Waals surface area contributed by atoms with Gasteiger partial charge in [0.15, 0.2) is 0 Å². The Bertz CT molecular complexity index is 153. The summed E-state index contributed by atoms with van der Waals surface area (Å²) in [6.45, 7) is 6.18. The van der Waals surface area contributed by atoms with Crippen LogP contribution in [0.1, 0.15) is 20.8 Å². The Morgan fingerprint density at radius 1 is 1.36 bits per heavy atom. The lowest BCUT2D eigenvalue weighted by atomic mass is 10.1. The van der Waals surface area contributed by atoms with Crippen molar-refractivity contribution in [3.8, 4) is 0 Å². The highest BCUT2D eigenvalue weighted by molar-refractivity contribution is 5.76. The number of nitrogens with one attached hydrogen (secondary N) is 2. The Hall–Kier alpha value is -0.930. The Labute approximate surface area is 67.6 Å². The Morgan fingerprint density at radius 3 is 2.09 bits per heavy atom. The highest BCUT2D eigenvalue weighted by Gasteiger charge is 2.14. The Morgan fingerprint density at radius 2 is 1.82 bits per heavy atom. The zero-order chi connectivity index (χ0) is 9.02. The van der Waals surface area contributed by atoms with Gasteiger partial charge in [-0.2, -0.15) is 0 Å². The van der Waals surface area contributed by atoms with Crippen molar-refractivity contribution in [3.05, 3.63) is 0 Å². The summed E-state index contributed by atoms with van der Waals surface area (Å²) in [5, 5.41) is 10.3. The second-order valence-electron chi connectivity index (χ2n) is 3.03. The van der Waals surface area contributed by atoms with Crippen LogP contribution in [0.5, 0.6) is 0 Å². The van der Waals surface area contributed by atoms with Crippen LogP contribution in [0.15, 0.2) is 5.11 Å². The van der Waals surface area contributed by atoms with Crippen molar-refractivity contribution in [2.45, 2.75) is 26.8 Å². The molecule has 0 aromatic rings. The minimum absolute atomic E-state index is 0.0196. The largest absolute Gasteiger partial charge is 0.340 e. The van der Waals surface area contributed by atoms with E-state index in [-0.39, 0.29) is 12.0 Å². The molecular formula is C7H16N4. The highest BCUT2D eigenvalue weighted by atomic mass is 15.3. The maximum Gasteiger partial charge on any atom is 0.237 e. The van der Waals surface area contributed by atoms with E-state index in [2.05, 4.69) is 19.0 Å². The van der Waals surface area contributed by atoms with E-state index in [4.69, 9.17) is 10.9 Å². The van der Waals surface area contributed by atoms with Gasteiger partial charge < -0.3 is 4.90 Å². The van der Waals surface area contributed by atoms with Gasteiger partial charge in [0.25, 0.3) is 0 Å². The highest BCUT2D eigenvalue weighted by Crippen LogP contribution is 2.07. The molecule has 0 bridgehead atoms. The zero-order valence-electron chi connectivity index (χ0n) is 7.55. The van der Waals surface area contributed by atoms with E-state index in [0.29, 0.717) is 5.92 Å². The van der Waals surface area contributed by atoms with Crippen molar-refractivity contribution in [2.24, 2.45) is 11.0 Å². The average Bonchev–Trinajstić information content (AvgIpc) is 2.00. The van der Waals surface area contributed by atoms with E-state index < -0.39 is 0 Å². The molecule has 4 nitrogen and oxygen atoms in total. The van der Waals surface area contributed by atoms with Crippen LogP contribution in [0.25, 0.3) is 0 Å². The topological polar surface area (TPSA) is 63.3 Å². The molecule has 0 saturated carbocycles. The summed E-state index contributed by atoms with van der Waals surface area (Å²) < 4.78 is 0. The molecule has 0 radical (unpaired) electrons. The van der Waals surface area contributed by atoms with E-state index in [1.54, 1.807) is 11.9 Å². The summed E-state index contributed by atoms with van der Waals surface area (Å²) in [5.74, 6) is 0.494. The zero-order valence-corrected chi connectivity index (χ0v) is 7.55. The number of hydrogen-bond donors (Lipinski definition) is 2. The van der Waals surface area contributed by atoms with Crippen LogP contribution in [-0.2, 0) is 0 Å². The van der Waals surface area contributed by atoms with E-state index in [1.807, 2.05) is 6.92 Å². The summed E-state index contributed by atoms with van der Waals surface area (Å²) in [4.78, 5) is 1.69. The molecule has 1 unspecified atom stereocenters. The molecule has 0 aromatic heterocycles. The molecular weight excluding hydrogens is 140 g/mol. The van der Waals surface area contributed by atoms with Crippen molar-refractivity contribution in [2.75, 3.05) is 7.05 Å². The van der Waals surface area contributed by atoms with Crippen LogP contribution < -0.4 is 0 Å². The molecule has 0 spiro atoms. The molecule has 1 atom stereocenters. The molecule has 64 valence electrons. The van der Waals surface area contributed by atoms with Crippen molar-refractivity contribution in [1.82, 2.24) is 4.90 Å². The van der Waals surface area contributed by atoms with Gasteiger partial charge in [-0.05, 0) is 12.8 Å². The molecule has 2 N–H and O–H groups in total. The first kappa shape index (κ1) is 10.1. The van der Waals surface area contributed by atoms with Crippen molar-refractivity contribution >= 4 is 5.96 Å². The number of guanidine groups is 1. The van der Waals surface area contributed by atoms with Crippen LogP contribution in [-0.4, -0.2) is 23.9 Å². The van der Waals surface area contributed by atoms with E-state index in [1.165, 1.54) is 0 Å². The predicted molar refractivity (Wildman–Crippen MR) is 44.9 cm³/mol. The van der Waals surface area contributed by atoms with Gasteiger partial charge >= 0.3 is 0 Å². The first-order valence-electron chi connectivity index (χ1n) is 3.69. The number of nitrogens with zero attached hydrogens (tertiary/aromatic N) is 2. The maximum absolute atomic E-state index is 7.24. The summed E-state index contributed by atoms with van der Waals surface area (Å²) in [6.07, 6.45) is 0. The minimum Gasteiger partial charge on any atom is -0.340 e. The normalized spacial score (nSPS) is 12.8. The van der Waals surface area contributed by atoms with Gasteiger partial charge in [-0.15, -0.1) is 5.11 Å². The molecule has 0 rings (SSSR count). The van der Waals surface area contributed by atoms with Crippen LogP contribution in [0, 0.1) is 16.9 Å². The third-order valence-corrected chi connectivity index (χ3v) is 2.02. The lowest BCUT2D eigenvalue weighted by Crippen LogP contribution is -2.36. The second kappa shape index (κ2) is 4.05. The molecule has 0 aromatic carbocycles. The lowest BCUT2D eigenvalue weighted by molar-refractivity contribution is 0.304. The second-order valence-corrected chi connectivity index (χ2v) is 3.03. The average molecular weight is 156 g/mol. The molecule has 0 aliphatic rings. The molecule has 4 heteroatoms. The third-order valence-electron chi connectivity index (χ3n) is 2.02. The molecule has 0 saturated heterocycles. The number of rotatable bonds is 2. The molecule has 0 aliphatic heterocycles. The fourth-order valence-electron chi connectivity index (χ4n) is 0.719. The molecule has 0 amide bonds. The van der Waals surface area contributed by atoms with Gasteiger partial charge in [0.2, 0.25) is 5.96 Å². The van der Waals surface area contributed by atoms with E-state index in [0.717, 1.165) is 0 Å². The Kier molecular flexibility index (Phi) is 3.71. The monoisotopic (exact) mass is 156 g/mol. The van der Waals surface area contributed by atoms with Gasteiger partial charge in [0.1, 0.15) is 0 Å². The fraction of sp³-hybridized carbons (Fsp3) is 0.857. The quantitative estimate of drug-likeness (QED) is 0.358. The summed E-state index contributed by atoms with van der Waals surface area (Å²) >= 11 is 0. The van der Waals surface area contributed by atoms with E-state index >= 15 is 0 Å². The van der Waals surface area contributed by atoms with Gasteiger partial charge in [0, 0.05) is 13.1 Å². The predicted octanol–water partition coefficient (Wildman–Crippen LogP) is 1.93. The minimum atomic E-state index is 0.0196.